The average Bonchev–Trinajstić information content (AvgIpc) is 2.16. The van der Waals surface area contributed by atoms with Gasteiger partial charge in [-0.15, -0.1) is 0 Å². The van der Waals surface area contributed by atoms with E-state index in [-0.39, 0.29) is 5.56 Å². The lowest BCUT2D eigenvalue weighted by molar-refractivity contribution is -0.206. The number of halogens is 3. The van der Waals surface area contributed by atoms with Crippen molar-refractivity contribution < 1.29 is 23.0 Å². The molecule has 0 heterocycles. The van der Waals surface area contributed by atoms with Crippen molar-refractivity contribution in [1.82, 2.24) is 0 Å². The summed E-state index contributed by atoms with van der Waals surface area (Å²) in [5, 5.41) is 9.09. The first-order valence-corrected chi connectivity index (χ1v) is 4.84. The molecule has 0 aliphatic carbocycles. The summed E-state index contributed by atoms with van der Waals surface area (Å²) >= 11 is 0. The Bertz CT molecular complexity index is 361. The highest BCUT2D eigenvalue weighted by molar-refractivity contribution is 5.36. The molecule has 0 spiro atoms. The number of aryl methyl sites for hydroxylation is 1. The fourth-order valence-electron chi connectivity index (χ4n) is 1.39. The van der Waals surface area contributed by atoms with Gasteiger partial charge in [0, 0.05) is 0 Å². The van der Waals surface area contributed by atoms with Crippen LogP contribution in [0.5, 0.6) is 5.75 Å². The SMILES string of the molecule is CCOc1ccc([C@H](O)C(F)(F)F)c(C)c1. The summed E-state index contributed by atoms with van der Waals surface area (Å²) in [5.74, 6) is 0.498. The minimum absolute atomic E-state index is 0.143. The van der Waals surface area contributed by atoms with Gasteiger partial charge in [-0.2, -0.15) is 13.2 Å². The summed E-state index contributed by atoms with van der Waals surface area (Å²) in [6, 6.07) is 4.13. The number of aliphatic hydroxyl groups is 1. The first kappa shape index (κ1) is 12.8. The van der Waals surface area contributed by atoms with Gasteiger partial charge in [-0.3, -0.25) is 0 Å². The van der Waals surface area contributed by atoms with Crippen LogP contribution in [0.3, 0.4) is 0 Å². The molecule has 5 heteroatoms. The van der Waals surface area contributed by atoms with Crippen LogP contribution in [-0.4, -0.2) is 17.9 Å². The van der Waals surface area contributed by atoms with Crippen LogP contribution in [0.2, 0.25) is 0 Å². The fourth-order valence-corrected chi connectivity index (χ4v) is 1.39. The Morgan fingerprint density at radius 3 is 2.44 bits per heavy atom. The van der Waals surface area contributed by atoms with E-state index >= 15 is 0 Å². The lowest BCUT2D eigenvalue weighted by atomic mass is 10.0. The highest BCUT2D eigenvalue weighted by Crippen LogP contribution is 2.34. The summed E-state index contributed by atoms with van der Waals surface area (Å²) in [6.45, 7) is 3.74. The molecular formula is C11H13F3O2. The van der Waals surface area contributed by atoms with E-state index in [4.69, 9.17) is 9.84 Å². The van der Waals surface area contributed by atoms with Gasteiger partial charge in [-0.1, -0.05) is 6.07 Å². The molecule has 0 aromatic heterocycles. The van der Waals surface area contributed by atoms with Gasteiger partial charge >= 0.3 is 6.18 Å². The molecule has 1 aromatic carbocycles. The molecule has 0 amide bonds. The van der Waals surface area contributed by atoms with E-state index in [9.17, 15) is 13.2 Å². The maximum Gasteiger partial charge on any atom is 0.418 e. The molecule has 1 N–H and O–H groups in total. The Morgan fingerprint density at radius 2 is 2.00 bits per heavy atom. The van der Waals surface area contributed by atoms with Crippen molar-refractivity contribution in [3.8, 4) is 5.75 Å². The van der Waals surface area contributed by atoms with Gasteiger partial charge < -0.3 is 9.84 Å². The predicted molar refractivity (Wildman–Crippen MR) is 53.4 cm³/mol. The molecule has 0 aliphatic heterocycles. The zero-order chi connectivity index (χ0) is 12.3. The van der Waals surface area contributed by atoms with Crippen LogP contribution >= 0.6 is 0 Å². The second-order valence-corrected chi connectivity index (χ2v) is 3.40. The van der Waals surface area contributed by atoms with Crippen LogP contribution in [0.15, 0.2) is 18.2 Å². The van der Waals surface area contributed by atoms with Crippen molar-refractivity contribution in [1.29, 1.82) is 0 Å². The minimum Gasteiger partial charge on any atom is -0.494 e. The third-order valence-corrected chi connectivity index (χ3v) is 2.16. The normalized spacial score (nSPS) is 13.6. The van der Waals surface area contributed by atoms with Gasteiger partial charge in [0.1, 0.15) is 5.75 Å². The Labute approximate surface area is 91.7 Å². The van der Waals surface area contributed by atoms with Crippen molar-refractivity contribution >= 4 is 0 Å². The van der Waals surface area contributed by atoms with Crippen LogP contribution in [-0.2, 0) is 0 Å². The molecule has 1 aromatic rings. The summed E-state index contributed by atoms with van der Waals surface area (Å²) in [7, 11) is 0. The van der Waals surface area contributed by atoms with Crippen molar-refractivity contribution in [3.05, 3.63) is 29.3 Å². The van der Waals surface area contributed by atoms with Crippen LogP contribution < -0.4 is 4.74 Å². The predicted octanol–water partition coefficient (Wildman–Crippen LogP) is 2.99. The highest BCUT2D eigenvalue weighted by Gasteiger charge is 2.40. The van der Waals surface area contributed by atoms with Crippen LogP contribution in [0, 0.1) is 6.92 Å². The first-order chi connectivity index (χ1) is 7.36. The standard InChI is InChI=1S/C11H13F3O2/c1-3-16-8-4-5-9(7(2)6-8)10(15)11(12,13)14/h4-6,10,15H,3H2,1-2H3/t10-/m0/s1. The molecule has 16 heavy (non-hydrogen) atoms. The molecule has 0 bridgehead atoms. The number of rotatable bonds is 3. The first-order valence-electron chi connectivity index (χ1n) is 4.84. The number of alkyl halides is 3. The summed E-state index contributed by atoms with van der Waals surface area (Å²) in [4.78, 5) is 0. The van der Waals surface area contributed by atoms with Crippen LogP contribution in [0.25, 0.3) is 0 Å². The molecule has 2 nitrogen and oxygen atoms in total. The Hall–Kier alpha value is -1.23. The van der Waals surface area contributed by atoms with Crippen LogP contribution in [0.1, 0.15) is 24.2 Å². The molecule has 0 saturated heterocycles. The second-order valence-electron chi connectivity index (χ2n) is 3.40. The highest BCUT2D eigenvalue weighted by atomic mass is 19.4. The monoisotopic (exact) mass is 234 g/mol. The zero-order valence-electron chi connectivity index (χ0n) is 9.01. The van der Waals surface area contributed by atoms with Gasteiger partial charge in [-0.25, -0.2) is 0 Å². The average molecular weight is 234 g/mol. The molecule has 0 saturated carbocycles. The maximum absolute atomic E-state index is 12.3. The van der Waals surface area contributed by atoms with Gasteiger partial charge in [0.2, 0.25) is 0 Å². The quantitative estimate of drug-likeness (QED) is 0.871. The van der Waals surface area contributed by atoms with Crippen molar-refractivity contribution in [3.63, 3.8) is 0 Å². The summed E-state index contributed by atoms with van der Waals surface area (Å²) in [6.07, 6.45) is -7.08. The largest absolute Gasteiger partial charge is 0.494 e. The number of hydrogen-bond acceptors (Lipinski definition) is 2. The van der Waals surface area contributed by atoms with Crippen molar-refractivity contribution in [2.75, 3.05) is 6.61 Å². The third-order valence-electron chi connectivity index (χ3n) is 2.16. The summed E-state index contributed by atoms with van der Waals surface area (Å²) < 4.78 is 42.0. The number of aliphatic hydroxyl groups excluding tert-OH is 1. The van der Waals surface area contributed by atoms with Crippen molar-refractivity contribution in [2.24, 2.45) is 0 Å². The second kappa shape index (κ2) is 4.74. The molecule has 1 atom stereocenters. The molecular weight excluding hydrogens is 221 g/mol. The van der Waals surface area contributed by atoms with Gasteiger partial charge in [0.05, 0.1) is 6.61 Å². The minimum atomic E-state index is -4.64. The number of hydrogen-bond donors (Lipinski definition) is 1. The van der Waals surface area contributed by atoms with Gasteiger partial charge in [-0.05, 0) is 37.1 Å². The smallest absolute Gasteiger partial charge is 0.418 e. The Balaban J connectivity index is 2.99. The summed E-state index contributed by atoms with van der Waals surface area (Å²) in [5.41, 5.74) is 0.215. The van der Waals surface area contributed by atoms with E-state index in [0.717, 1.165) is 0 Å². The Kier molecular flexibility index (Phi) is 3.80. The van der Waals surface area contributed by atoms with E-state index in [1.165, 1.54) is 25.1 Å². The maximum atomic E-state index is 12.3. The van der Waals surface area contributed by atoms with E-state index in [1.54, 1.807) is 6.92 Å². The van der Waals surface area contributed by atoms with E-state index in [1.807, 2.05) is 0 Å². The topological polar surface area (TPSA) is 29.5 Å². The fraction of sp³-hybridized carbons (Fsp3) is 0.455. The lowest BCUT2D eigenvalue weighted by Gasteiger charge is -2.17. The van der Waals surface area contributed by atoms with E-state index in [2.05, 4.69) is 0 Å². The molecule has 0 unspecified atom stereocenters. The third kappa shape index (κ3) is 2.88. The van der Waals surface area contributed by atoms with Gasteiger partial charge in [0.25, 0.3) is 0 Å². The molecule has 1 rings (SSSR count). The Morgan fingerprint density at radius 1 is 1.38 bits per heavy atom. The zero-order valence-corrected chi connectivity index (χ0v) is 9.01. The molecule has 90 valence electrons. The molecule has 0 aliphatic rings. The lowest BCUT2D eigenvalue weighted by Crippen LogP contribution is -2.21. The van der Waals surface area contributed by atoms with E-state index < -0.39 is 12.3 Å². The van der Waals surface area contributed by atoms with Crippen molar-refractivity contribution in [2.45, 2.75) is 26.1 Å². The number of ether oxygens (including phenoxy) is 1. The molecule has 0 radical (unpaired) electrons. The number of benzene rings is 1. The van der Waals surface area contributed by atoms with Crippen LogP contribution in [0.4, 0.5) is 13.2 Å². The molecule has 0 fully saturated rings. The van der Waals surface area contributed by atoms with Gasteiger partial charge in [0.15, 0.2) is 6.10 Å². The van der Waals surface area contributed by atoms with E-state index in [0.29, 0.717) is 17.9 Å².